The molecule has 0 aromatic rings. The Morgan fingerprint density at radius 1 is 0.786 bits per heavy atom. The van der Waals surface area contributed by atoms with Crippen LogP contribution >= 0.6 is 26.3 Å². The van der Waals surface area contributed by atoms with Crippen LogP contribution in [-0.2, 0) is 0 Å². The third kappa shape index (κ3) is 8.47. The second kappa shape index (κ2) is 6.68. The van der Waals surface area contributed by atoms with Crippen molar-refractivity contribution in [3.05, 3.63) is 0 Å². The fraction of sp³-hybridized carbons (Fsp3) is 1.00. The van der Waals surface area contributed by atoms with Gasteiger partial charge in [-0.25, -0.2) is 0 Å². The molecule has 0 saturated heterocycles. The molecule has 0 aliphatic heterocycles. The molecule has 0 amide bonds. The molecule has 0 bridgehead atoms. The van der Waals surface area contributed by atoms with Gasteiger partial charge >= 0.3 is 104 Å². The Labute approximate surface area is 104 Å². The van der Waals surface area contributed by atoms with E-state index in [4.69, 9.17) is 0 Å². The molecule has 0 radical (unpaired) electrons. The monoisotopic (exact) mass is 330 g/mol. The molecule has 0 aromatic carbocycles. The second-order valence-electron chi connectivity index (χ2n) is 5.37. The van der Waals surface area contributed by atoms with Gasteiger partial charge in [0.05, 0.1) is 0 Å². The predicted molar refractivity (Wildman–Crippen MR) is 81.6 cm³/mol. The Morgan fingerprint density at radius 3 is 1.43 bits per heavy atom. The van der Waals surface area contributed by atoms with Crippen LogP contribution in [0, 0.1) is 0 Å². The molecule has 0 saturated carbocycles. The molecule has 0 atom stereocenters. The molecule has 0 heterocycles. The van der Waals surface area contributed by atoms with E-state index < -0.39 is 4.25 Å². The Balaban J connectivity index is 3.82. The quantitative estimate of drug-likeness (QED) is 0.312. The van der Waals surface area contributed by atoms with E-state index in [-0.39, 0.29) is 0 Å². The molecule has 88 valence electrons. The maximum atomic E-state index is 2.82. The van der Waals surface area contributed by atoms with Gasteiger partial charge in [0.25, 0.3) is 0 Å². The van der Waals surface area contributed by atoms with Crippen LogP contribution in [0.1, 0.15) is 52.4 Å². The summed E-state index contributed by atoms with van der Waals surface area (Å²) in [7, 11) is 0. The maximum absolute atomic E-state index is 2.82. The van der Waals surface area contributed by atoms with Crippen LogP contribution in [0.15, 0.2) is 0 Å². The van der Waals surface area contributed by atoms with E-state index in [2.05, 4.69) is 49.2 Å². The van der Waals surface area contributed by atoms with Crippen molar-refractivity contribution in [3.8, 4) is 0 Å². The van der Waals surface area contributed by atoms with Crippen LogP contribution in [-0.4, -0.2) is 25.7 Å². The molecular weight excluding hydrogens is 302 g/mol. The van der Waals surface area contributed by atoms with Gasteiger partial charge in [-0.05, 0) is 0 Å². The van der Waals surface area contributed by atoms with Crippen molar-refractivity contribution in [2.45, 2.75) is 52.4 Å². The van der Waals surface area contributed by atoms with Crippen molar-refractivity contribution in [2.75, 3.05) is 25.7 Å². The summed E-state index contributed by atoms with van der Waals surface area (Å²) < 4.78 is -1.27. The number of hydrogen-bond donors (Lipinski definition) is 0. The zero-order valence-corrected chi connectivity index (χ0v) is 13.5. The van der Waals surface area contributed by atoms with E-state index >= 15 is 0 Å². The molecule has 0 aromatic heterocycles. The summed E-state index contributed by atoms with van der Waals surface area (Å²) >= 11 is 2.82. The van der Waals surface area contributed by atoms with Gasteiger partial charge in [-0.2, -0.15) is 0 Å². The first-order valence-corrected chi connectivity index (χ1v) is 12.4. The topological polar surface area (TPSA) is 0 Å². The average Bonchev–Trinajstić information content (AvgIpc) is 2.04. The van der Waals surface area contributed by atoms with Gasteiger partial charge in [-0.3, -0.25) is 0 Å². The van der Waals surface area contributed by atoms with Crippen molar-refractivity contribution in [2.24, 2.45) is 0 Å². The van der Waals surface area contributed by atoms with Crippen LogP contribution in [0.2, 0.25) is 0 Å². The normalized spacial score (nSPS) is 15.1. The minimum atomic E-state index is -1.27. The number of hydrogen-bond acceptors (Lipinski definition) is 0. The van der Waals surface area contributed by atoms with Gasteiger partial charge in [-0.1, -0.05) is 0 Å². The summed E-state index contributed by atoms with van der Waals surface area (Å²) in [6, 6.07) is 0. The predicted octanol–water partition coefficient (Wildman–Crippen LogP) is 5.53. The van der Waals surface area contributed by atoms with E-state index in [0.717, 1.165) is 0 Å². The first-order chi connectivity index (χ1) is 6.39. The summed E-state index contributed by atoms with van der Waals surface area (Å²) in [5, 5.41) is 0. The standard InChI is InChI=1S/C12H28IP/c1-5-7-9-11-14(3,4,13)12-10-8-6-2/h5-12H2,1-4H3. The van der Waals surface area contributed by atoms with Gasteiger partial charge in [0.2, 0.25) is 0 Å². The van der Waals surface area contributed by atoms with Crippen LogP contribution in [0.3, 0.4) is 0 Å². The van der Waals surface area contributed by atoms with Crippen LogP contribution in [0.4, 0.5) is 0 Å². The summed E-state index contributed by atoms with van der Waals surface area (Å²) in [6.07, 6.45) is 11.5. The van der Waals surface area contributed by atoms with Gasteiger partial charge in [-0.15, -0.1) is 0 Å². The van der Waals surface area contributed by atoms with E-state index in [1.807, 2.05) is 0 Å². The van der Waals surface area contributed by atoms with Gasteiger partial charge in [0.15, 0.2) is 0 Å². The Hall–Kier alpha value is 1.16. The fourth-order valence-corrected chi connectivity index (χ4v) is 6.48. The minimum absolute atomic E-state index is 1.27. The molecule has 0 nitrogen and oxygen atoms in total. The summed E-state index contributed by atoms with van der Waals surface area (Å²) in [6.45, 7) is 9.73. The van der Waals surface area contributed by atoms with E-state index in [1.54, 1.807) is 0 Å². The van der Waals surface area contributed by atoms with Gasteiger partial charge < -0.3 is 0 Å². The third-order valence-electron chi connectivity index (χ3n) is 2.90. The van der Waals surface area contributed by atoms with Crippen molar-refractivity contribution >= 4 is 26.3 Å². The second-order valence-corrected chi connectivity index (χ2v) is 21.2. The first-order valence-electron chi connectivity index (χ1n) is 6.11. The van der Waals surface area contributed by atoms with Gasteiger partial charge in [0, 0.05) is 0 Å². The zero-order valence-electron chi connectivity index (χ0n) is 10.5. The average molecular weight is 330 g/mol. The van der Waals surface area contributed by atoms with E-state index in [9.17, 15) is 0 Å². The molecule has 0 spiro atoms. The van der Waals surface area contributed by atoms with Crippen LogP contribution < -0.4 is 0 Å². The Morgan fingerprint density at radius 2 is 1.14 bits per heavy atom. The Kier molecular flexibility index (Phi) is 7.23. The number of unbranched alkanes of at least 4 members (excludes halogenated alkanes) is 4. The zero-order chi connectivity index (χ0) is 11.1. The van der Waals surface area contributed by atoms with E-state index in [0.29, 0.717) is 0 Å². The van der Waals surface area contributed by atoms with Crippen molar-refractivity contribution in [3.63, 3.8) is 0 Å². The SMILES string of the molecule is CCCCCP(C)(C)(I)CCCCC. The third-order valence-corrected chi connectivity index (χ3v) is 9.19. The molecule has 0 N–H and O–H groups in total. The number of rotatable bonds is 8. The summed E-state index contributed by atoms with van der Waals surface area (Å²) in [4.78, 5) is 0. The summed E-state index contributed by atoms with van der Waals surface area (Å²) in [5.41, 5.74) is 0. The molecule has 0 fully saturated rings. The molecule has 0 rings (SSSR count). The van der Waals surface area contributed by atoms with Gasteiger partial charge in [0.1, 0.15) is 0 Å². The molecule has 0 aliphatic rings. The molecule has 0 aliphatic carbocycles. The van der Waals surface area contributed by atoms with Crippen molar-refractivity contribution in [1.29, 1.82) is 0 Å². The number of halogens is 1. The van der Waals surface area contributed by atoms with Crippen molar-refractivity contribution in [1.82, 2.24) is 0 Å². The first kappa shape index (κ1) is 15.2. The molecule has 14 heavy (non-hydrogen) atoms. The van der Waals surface area contributed by atoms with Crippen LogP contribution in [0.5, 0.6) is 0 Å². The molecule has 0 unspecified atom stereocenters. The molecule has 2 heteroatoms. The fourth-order valence-electron chi connectivity index (χ4n) is 1.81. The van der Waals surface area contributed by atoms with Crippen LogP contribution in [0.25, 0.3) is 0 Å². The molecular formula is C12H28IP. The van der Waals surface area contributed by atoms with Crippen molar-refractivity contribution < 1.29 is 0 Å². The summed E-state index contributed by atoms with van der Waals surface area (Å²) in [5.74, 6) is 0. The Bertz CT molecular complexity index is 132. The van der Waals surface area contributed by atoms with E-state index in [1.165, 1.54) is 50.8 Å².